The van der Waals surface area contributed by atoms with Gasteiger partial charge in [-0.3, -0.25) is 9.89 Å². The molecule has 9 nitrogen and oxygen atoms in total. The van der Waals surface area contributed by atoms with Crippen molar-refractivity contribution in [3.05, 3.63) is 58.7 Å². The number of carbonyl (C=O) groups excluding carboxylic acids is 1. The number of hydrogen-bond donors (Lipinski definition) is 1. The maximum absolute atomic E-state index is 12.6. The Kier molecular flexibility index (Phi) is 8.54. The lowest BCUT2D eigenvalue weighted by molar-refractivity contribution is 0.00578. The first kappa shape index (κ1) is 31.3. The molecule has 0 radical (unpaired) electrons. The van der Waals surface area contributed by atoms with E-state index in [4.69, 9.17) is 29.3 Å². The number of amides is 1. The first-order valence-corrected chi connectivity index (χ1v) is 15.4. The number of benzene rings is 2. The lowest BCUT2D eigenvalue weighted by atomic mass is 9.78. The number of halogens is 1. The van der Waals surface area contributed by atoms with E-state index in [1.165, 1.54) is 0 Å². The molecule has 43 heavy (non-hydrogen) atoms. The first-order chi connectivity index (χ1) is 20.1. The van der Waals surface area contributed by atoms with Crippen molar-refractivity contribution in [3.63, 3.8) is 0 Å². The molecule has 1 atom stereocenters. The minimum atomic E-state index is -0.496. The van der Waals surface area contributed by atoms with Crippen LogP contribution in [0.25, 0.3) is 16.5 Å². The monoisotopic (exact) mass is 650 g/mol. The maximum Gasteiger partial charge on any atom is 0.494 e. The fourth-order valence-corrected chi connectivity index (χ4v) is 5.58. The Hall–Kier alpha value is -3.15. The van der Waals surface area contributed by atoms with E-state index in [0.717, 1.165) is 58.0 Å². The molecule has 0 aliphatic carbocycles. The van der Waals surface area contributed by atoms with Crippen LogP contribution in [0.5, 0.6) is 0 Å². The summed E-state index contributed by atoms with van der Waals surface area (Å²) >= 11 is 3.31. The summed E-state index contributed by atoms with van der Waals surface area (Å²) in [6, 6.07) is 14.0. The first-order valence-electron chi connectivity index (χ1n) is 14.7. The summed E-state index contributed by atoms with van der Waals surface area (Å²) in [5.41, 5.74) is 9.36. The van der Waals surface area contributed by atoms with Gasteiger partial charge in [0.25, 0.3) is 0 Å². The molecule has 11 heteroatoms. The molecule has 3 aliphatic heterocycles. The Morgan fingerprint density at radius 1 is 1.09 bits per heavy atom. The van der Waals surface area contributed by atoms with Crippen LogP contribution in [0.3, 0.4) is 0 Å². The van der Waals surface area contributed by atoms with Crippen LogP contribution in [0.1, 0.15) is 73.3 Å². The third-order valence-electron chi connectivity index (χ3n) is 8.29. The Morgan fingerprint density at radius 2 is 1.77 bits per heavy atom. The van der Waals surface area contributed by atoms with Gasteiger partial charge < -0.3 is 24.3 Å². The number of anilines is 1. The number of hydrogen-bond acceptors (Lipinski definition) is 8. The Bertz CT molecular complexity index is 1540. The number of nitrogen functional groups attached to an aromatic ring is 1. The summed E-state index contributed by atoms with van der Waals surface area (Å²) in [5.74, 6) is 0.438. The number of nitrogens with zero attached hydrogens (tertiary/aromatic N) is 3. The SMILES string of the molecule is CC(C)(C)OC(=O)N1CCCC1C1=NC=C(c2ccc(B3OC(C)(C)C(C)(C)O3)cc2)C1.Nc1noc2cc(Br)ccc12. The zero-order valence-electron chi connectivity index (χ0n) is 25.9. The standard InChI is InChI=1S/C25H35BN2O4.C7H5BrN2O/c1-23(2,3)30-22(29)28-14-8-9-21(28)20-15-18(16-27-20)17-10-12-19(13-11-17)26-31-24(4,5)25(6,7)32-26;8-4-1-2-5-6(3-4)11-10-7(5)9/h10-13,16,21H,8-9,14-15H2,1-7H3;1-3H,(H2,9,10). The van der Waals surface area contributed by atoms with Gasteiger partial charge in [-0.15, -0.1) is 0 Å². The Morgan fingerprint density at radius 3 is 2.42 bits per heavy atom. The Balaban J connectivity index is 0.000000279. The van der Waals surface area contributed by atoms with Gasteiger partial charge in [0.2, 0.25) is 0 Å². The summed E-state index contributed by atoms with van der Waals surface area (Å²) in [6.45, 7) is 14.7. The molecule has 1 amide bonds. The molecule has 0 saturated carbocycles. The van der Waals surface area contributed by atoms with E-state index in [2.05, 4.69) is 73.0 Å². The van der Waals surface area contributed by atoms with E-state index in [-0.39, 0.29) is 30.5 Å². The maximum atomic E-state index is 12.6. The van der Waals surface area contributed by atoms with Crippen molar-refractivity contribution in [2.45, 2.75) is 90.6 Å². The number of nitrogens with two attached hydrogens (primary N) is 1. The second kappa shape index (κ2) is 11.7. The number of ether oxygens (including phenoxy) is 1. The zero-order valence-corrected chi connectivity index (χ0v) is 27.5. The number of fused-ring (bicyclic) bond motifs is 1. The molecular formula is C32H40BBrN4O5. The smallest absolute Gasteiger partial charge is 0.444 e. The molecule has 0 bridgehead atoms. The van der Waals surface area contributed by atoms with Crippen LogP contribution in [-0.2, 0) is 14.0 Å². The molecule has 6 rings (SSSR count). The summed E-state index contributed by atoms with van der Waals surface area (Å²) in [5, 5.41) is 4.47. The van der Waals surface area contributed by atoms with Gasteiger partial charge in [-0.25, -0.2) is 4.79 Å². The van der Waals surface area contributed by atoms with Crippen LogP contribution in [-0.4, -0.2) is 58.4 Å². The number of carbonyl (C=O) groups is 1. The topological polar surface area (TPSA) is 112 Å². The van der Waals surface area contributed by atoms with Crippen LogP contribution >= 0.6 is 15.9 Å². The second-order valence-corrected chi connectivity index (χ2v) is 14.1. The molecular weight excluding hydrogens is 611 g/mol. The molecule has 3 aromatic rings. The van der Waals surface area contributed by atoms with Gasteiger partial charge >= 0.3 is 13.2 Å². The highest BCUT2D eigenvalue weighted by Gasteiger charge is 2.51. The molecule has 0 spiro atoms. The van der Waals surface area contributed by atoms with Crippen molar-refractivity contribution in [1.29, 1.82) is 0 Å². The molecule has 2 aromatic carbocycles. The molecule has 3 aliphatic rings. The summed E-state index contributed by atoms with van der Waals surface area (Å²) < 4.78 is 23.8. The fraction of sp³-hybridized carbons (Fsp3) is 0.469. The molecule has 2 fully saturated rings. The van der Waals surface area contributed by atoms with E-state index in [9.17, 15) is 4.79 Å². The molecule has 1 aromatic heterocycles. The zero-order chi connectivity index (χ0) is 31.2. The van der Waals surface area contributed by atoms with Gasteiger partial charge in [0, 0.05) is 29.3 Å². The predicted octanol–water partition coefficient (Wildman–Crippen LogP) is 6.74. The van der Waals surface area contributed by atoms with Crippen LogP contribution in [0.15, 0.2) is 62.7 Å². The average molecular weight is 651 g/mol. The molecule has 4 heterocycles. The largest absolute Gasteiger partial charge is 0.494 e. The van der Waals surface area contributed by atoms with Gasteiger partial charge in [-0.1, -0.05) is 45.4 Å². The van der Waals surface area contributed by atoms with Crippen LogP contribution in [0, 0.1) is 0 Å². The number of likely N-dealkylation sites (tertiary alicyclic amines) is 1. The van der Waals surface area contributed by atoms with Crippen molar-refractivity contribution in [3.8, 4) is 0 Å². The number of allylic oxidation sites excluding steroid dienone is 1. The quantitative estimate of drug-likeness (QED) is 0.312. The Labute approximate surface area is 262 Å². The van der Waals surface area contributed by atoms with E-state index in [1.54, 1.807) is 0 Å². The highest BCUT2D eigenvalue weighted by atomic mass is 79.9. The van der Waals surface area contributed by atoms with Crippen LogP contribution in [0.4, 0.5) is 10.6 Å². The third-order valence-corrected chi connectivity index (χ3v) is 8.79. The van der Waals surface area contributed by atoms with E-state index < -0.39 is 5.60 Å². The number of aliphatic imine (C=N–C) groups is 1. The van der Waals surface area contributed by atoms with Gasteiger partial charge in [0.15, 0.2) is 11.4 Å². The van der Waals surface area contributed by atoms with Crippen molar-refractivity contribution in [2.24, 2.45) is 4.99 Å². The van der Waals surface area contributed by atoms with Gasteiger partial charge in [0.1, 0.15) is 5.60 Å². The minimum Gasteiger partial charge on any atom is -0.444 e. The van der Waals surface area contributed by atoms with E-state index in [0.29, 0.717) is 11.4 Å². The third kappa shape index (κ3) is 6.84. The molecule has 228 valence electrons. The summed E-state index contributed by atoms with van der Waals surface area (Å²) in [6.07, 6.45) is 4.34. The van der Waals surface area contributed by atoms with Crippen molar-refractivity contribution in [1.82, 2.24) is 10.1 Å². The summed E-state index contributed by atoms with van der Waals surface area (Å²) in [7, 11) is -0.362. The van der Waals surface area contributed by atoms with Crippen LogP contribution < -0.4 is 11.2 Å². The predicted molar refractivity (Wildman–Crippen MR) is 174 cm³/mol. The second-order valence-electron chi connectivity index (χ2n) is 13.2. The highest BCUT2D eigenvalue weighted by Crippen LogP contribution is 2.37. The van der Waals surface area contributed by atoms with Crippen molar-refractivity contribution in [2.75, 3.05) is 12.3 Å². The van der Waals surface area contributed by atoms with Gasteiger partial charge in [0.05, 0.1) is 22.6 Å². The fourth-order valence-electron chi connectivity index (χ4n) is 5.24. The number of rotatable bonds is 3. The van der Waals surface area contributed by atoms with E-state index in [1.807, 2.05) is 50.1 Å². The molecule has 2 N–H and O–H groups in total. The summed E-state index contributed by atoms with van der Waals surface area (Å²) in [4.78, 5) is 19.2. The van der Waals surface area contributed by atoms with Crippen molar-refractivity contribution < 1.29 is 23.4 Å². The van der Waals surface area contributed by atoms with Crippen LogP contribution in [0.2, 0.25) is 0 Å². The van der Waals surface area contributed by atoms with Gasteiger partial charge in [-0.2, -0.15) is 0 Å². The molecule has 1 unspecified atom stereocenters. The minimum absolute atomic E-state index is 0.0163. The van der Waals surface area contributed by atoms with E-state index >= 15 is 0 Å². The molecule has 2 saturated heterocycles. The van der Waals surface area contributed by atoms with Crippen molar-refractivity contribution >= 4 is 62.7 Å². The lowest BCUT2D eigenvalue weighted by Crippen LogP contribution is -2.43. The number of aromatic nitrogens is 1. The normalized spacial score (nSPS) is 21.0. The highest BCUT2D eigenvalue weighted by molar-refractivity contribution is 9.10. The lowest BCUT2D eigenvalue weighted by Gasteiger charge is -2.32. The average Bonchev–Trinajstić information content (AvgIpc) is 3.70. The van der Waals surface area contributed by atoms with Gasteiger partial charge in [-0.05, 0) is 96.1 Å².